The number of halogens is 2. The lowest BCUT2D eigenvalue weighted by Gasteiger charge is -2.27. The smallest absolute Gasteiger partial charge is 0.300 e. The standard InChI is InChI=1S/C28H26Cl2N2O4/c1-4-31(5-2)20-11-6-17(7-12-20)25-24(26(33)18-8-15-22(30)23(16-18)36-3)27(34)28(35)32(25)21-13-9-19(29)10-14-21/h6-16,25,33H,4-5H2,1-3H3/b26-24-. The fourth-order valence-electron chi connectivity index (χ4n) is 4.43. The van der Waals surface area contributed by atoms with Gasteiger partial charge in [0.05, 0.1) is 23.7 Å². The third-order valence-corrected chi connectivity index (χ3v) is 6.88. The highest BCUT2D eigenvalue weighted by Crippen LogP contribution is 2.43. The Labute approximate surface area is 220 Å². The Kier molecular flexibility index (Phi) is 7.57. The molecule has 1 heterocycles. The van der Waals surface area contributed by atoms with Crippen LogP contribution in [0.4, 0.5) is 11.4 Å². The molecule has 1 aliphatic rings. The first kappa shape index (κ1) is 25.6. The van der Waals surface area contributed by atoms with Crippen molar-refractivity contribution in [1.29, 1.82) is 0 Å². The summed E-state index contributed by atoms with van der Waals surface area (Å²) in [4.78, 5) is 30.2. The van der Waals surface area contributed by atoms with Gasteiger partial charge in [-0.2, -0.15) is 0 Å². The number of hydrogen-bond donors (Lipinski definition) is 1. The predicted octanol–water partition coefficient (Wildman–Crippen LogP) is 6.47. The van der Waals surface area contributed by atoms with E-state index in [2.05, 4.69) is 18.7 Å². The number of ether oxygens (including phenoxy) is 1. The van der Waals surface area contributed by atoms with Gasteiger partial charge in [-0.15, -0.1) is 0 Å². The van der Waals surface area contributed by atoms with Gasteiger partial charge < -0.3 is 14.7 Å². The second kappa shape index (κ2) is 10.6. The Morgan fingerprint density at radius 2 is 1.61 bits per heavy atom. The van der Waals surface area contributed by atoms with E-state index in [9.17, 15) is 14.7 Å². The Hall–Kier alpha value is -3.48. The normalized spacial score (nSPS) is 16.9. The number of hydrogen-bond acceptors (Lipinski definition) is 5. The Balaban J connectivity index is 1.90. The summed E-state index contributed by atoms with van der Waals surface area (Å²) in [5, 5.41) is 12.2. The molecule has 1 N–H and O–H groups in total. The summed E-state index contributed by atoms with van der Waals surface area (Å²) < 4.78 is 5.27. The van der Waals surface area contributed by atoms with Crippen LogP contribution >= 0.6 is 23.2 Å². The molecule has 4 rings (SSSR count). The summed E-state index contributed by atoms with van der Waals surface area (Å²) >= 11 is 12.2. The van der Waals surface area contributed by atoms with Gasteiger partial charge in [0, 0.05) is 35.1 Å². The molecule has 1 unspecified atom stereocenters. The maximum Gasteiger partial charge on any atom is 0.300 e. The molecule has 0 aromatic heterocycles. The number of carbonyl (C=O) groups is 2. The molecule has 3 aromatic rings. The predicted molar refractivity (Wildman–Crippen MR) is 144 cm³/mol. The van der Waals surface area contributed by atoms with Gasteiger partial charge in [-0.25, -0.2) is 0 Å². The number of carbonyl (C=O) groups excluding carboxylic acids is 2. The van der Waals surface area contributed by atoms with Crippen molar-refractivity contribution < 1.29 is 19.4 Å². The molecule has 1 aliphatic heterocycles. The van der Waals surface area contributed by atoms with E-state index >= 15 is 0 Å². The zero-order valence-electron chi connectivity index (χ0n) is 20.2. The molecule has 0 aliphatic carbocycles. The lowest BCUT2D eigenvalue weighted by Crippen LogP contribution is -2.29. The number of rotatable bonds is 7. The van der Waals surface area contributed by atoms with E-state index in [4.69, 9.17) is 27.9 Å². The highest BCUT2D eigenvalue weighted by molar-refractivity contribution is 6.51. The van der Waals surface area contributed by atoms with Gasteiger partial charge >= 0.3 is 0 Å². The number of Topliss-reactive ketones (excluding diaryl/α,β-unsaturated/α-hetero) is 1. The number of aliphatic hydroxyl groups is 1. The highest BCUT2D eigenvalue weighted by Gasteiger charge is 2.47. The largest absolute Gasteiger partial charge is 0.507 e. The second-order valence-electron chi connectivity index (χ2n) is 8.26. The van der Waals surface area contributed by atoms with Gasteiger partial charge in [-0.05, 0) is 74.0 Å². The Morgan fingerprint density at radius 1 is 0.972 bits per heavy atom. The third kappa shape index (κ3) is 4.66. The van der Waals surface area contributed by atoms with Crippen molar-refractivity contribution >= 4 is 52.0 Å². The number of benzene rings is 3. The summed E-state index contributed by atoms with van der Waals surface area (Å²) in [6, 6.07) is 18.2. The minimum Gasteiger partial charge on any atom is -0.507 e. The fraction of sp³-hybridized carbons (Fsp3) is 0.214. The summed E-state index contributed by atoms with van der Waals surface area (Å²) in [5.74, 6) is -1.49. The molecule has 186 valence electrons. The van der Waals surface area contributed by atoms with Crippen molar-refractivity contribution in [1.82, 2.24) is 0 Å². The Bertz CT molecular complexity index is 1320. The Morgan fingerprint density at radius 3 is 2.19 bits per heavy atom. The van der Waals surface area contributed by atoms with Crippen LogP contribution in [-0.2, 0) is 9.59 Å². The van der Waals surface area contributed by atoms with Crippen molar-refractivity contribution in [2.24, 2.45) is 0 Å². The number of methoxy groups -OCH3 is 1. The quantitative estimate of drug-likeness (QED) is 0.217. The number of anilines is 2. The first-order valence-corrected chi connectivity index (χ1v) is 12.3. The first-order valence-electron chi connectivity index (χ1n) is 11.6. The molecule has 3 aromatic carbocycles. The SMILES string of the molecule is CCN(CC)c1ccc(C2/C(=C(/O)c3ccc(Cl)c(OC)c3)C(=O)C(=O)N2c2ccc(Cl)cc2)cc1. The van der Waals surface area contributed by atoms with Gasteiger partial charge in [0.2, 0.25) is 0 Å². The van der Waals surface area contributed by atoms with Crippen molar-refractivity contribution in [2.45, 2.75) is 19.9 Å². The lowest BCUT2D eigenvalue weighted by molar-refractivity contribution is -0.132. The van der Waals surface area contributed by atoms with Crippen LogP contribution in [0, 0.1) is 0 Å². The highest BCUT2D eigenvalue weighted by atomic mass is 35.5. The van der Waals surface area contributed by atoms with Gasteiger partial charge in [-0.1, -0.05) is 35.3 Å². The molecule has 1 fully saturated rings. The number of aliphatic hydroxyl groups excluding tert-OH is 1. The van der Waals surface area contributed by atoms with Gasteiger partial charge in [-0.3, -0.25) is 14.5 Å². The van der Waals surface area contributed by atoms with E-state index in [0.717, 1.165) is 18.8 Å². The second-order valence-corrected chi connectivity index (χ2v) is 9.10. The minimum absolute atomic E-state index is 0.0186. The number of ketones is 1. The third-order valence-electron chi connectivity index (χ3n) is 6.31. The zero-order chi connectivity index (χ0) is 26.0. The van der Waals surface area contributed by atoms with E-state index in [1.807, 2.05) is 24.3 Å². The van der Waals surface area contributed by atoms with E-state index in [1.54, 1.807) is 36.4 Å². The lowest BCUT2D eigenvalue weighted by atomic mass is 9.94. The van der Waals surface area contributed by atoms with Crippen molar-refractivity contribution in [2.75, 3.05) is 30.0 Å². The van der Waals surface area contributed by atoms with Crippen molar-refractivity contribution in [3.63, 3.8) is 0 Å². The van der Waals surface area contributed by atoms with Crippen LogP contribution in [0.1, 0.15) is 31.0 Å². The van der Waals surface area contributed by atoms with Gasteiger partial charge in [0.25, 0.3) is 11.7 Å². The number of nitrogens with zero attached hydrogens (tertiary/aromatic N) is 2. The minimum atomic E-state index is -0.849. The molecule has 1 amide bonds. The van der Waals surface area contributed by atoms with Crippen molar-refractivity contribution in [3.8, 4) is 5.75 Å². The van der Waals surface area contributed by atoms with Gasteiger partial charge in [0.1, 0.15) is 11.5 Å². The van der Waals surface area contributed by atoms with Crippen LogP contribution in [-0.4, -0.2) is 37.0 Å². The molecule has 36 heavy (non-hydrogen) atoms. The molecule has 6 nitrogen and oxygen atoms in total. The zero-order valence-corrected chi connectivity index (χ0v) is 21.7. The molecule has 1 saturated heterocycles. The summed E-state index contributed by atoms with van der Waals surface area (Å²) in [7, 11) is 1.46. The molecule has 1 atom stereocenters. The monoisotopic (exact) mass is 524 g/mol. The molecular formula is C28H26Cl2N2O4. The maximum atomic E-state index is 13.3. The van der Waals surface area contributed by atoms with E-state index in [0.29, 0.717) is 32.6 Å². The topological polar surface area (TPSA) is 70.1 Å². The van der Waals surface area contributed by atoms with E-state index in [1.165, 1.54) is 18.1 Å². The summed E-state index contributed by atoms with van der Waals surface area (Å²) in [6.07, 6.45) is 0. The molecule has 0 saturated carbocycles. The molecule has 0 radical (unpaired) electrons. The number of amides is 1. The van der Waals surface area contributed by atoms with Crippen LogP contribution in [0.25, 0.3) is 5.76 Å². The molecule has 0 bridgehead atoms. The molecular weight excluding hydrogens is 499 g/mol. The average Bonchev–Trinajstić information content (AvgIpc) is 3.16. The van der Waals surface area contributed by atoms with Gasteiger partial charge in [0.15, 0.2) is 0 Å². The fourth-order valence-corrected chi connectivity index (χ4v) is 4.76. The average molecular weight is 525 g/mol. The van der Waals surface area contributed by atoms with Crippen LogP contribution in [0.15, 0.2) is 72.3 Å². The summed E-state index contributed by atoms with van der Waals surface area (Å²) in [5.41, 5.74) is 2.49. The summed E-state index contributed by atoms with van der Waals surface area (Å²) in [6.45, 7) is 5.84. The van der Waals surface area contributed by atoms with Crippen LogP contribution in [0.5, 0.6) is 5.75 Å². The van der Waals surface area contributed by atoms with Crippen LogP contribution in [0.3, 0.4) is 0 Å². The van der Waals surface area contributed by atoms with Crippen LogP contribution < -0.4 is 14.5 Å². The first-order chi connectivity index (χ1) is 17.3. The molecule has 0 spiro atoms. The van der Waals surface area contributed by atoms with E-state index < -0.39 is 17.7 Å². The van der Waals surface area contributed by atoms with Crippen LogP contribution in [0.2, 0.25) is 10.0 Å². The molecule has 8 heteroatoms. The maximum absolute atomic E-state index is 13.3. The van der Waals surface area contributed by atoms with Crippen molar-refractivity contribution in [3.05, 3.63) is 93.5 Å². The van der Waals surface area contributed by atoms with E-state index in [-0.39, 0.29) is 11.3 Å².